The lowest BCUT2D eigenvalue weighted by molar-refractivity contribution is -0.0872. The molecule has 3 saturated heterocycles. The molecule has 182 valence electrons. The lowest BCUT2D eigenvalue weighted by atomic mass is 9.74. The Morgan fingerprint density at radius 2 is 1.94 bits per heavy atom. The van der Waals surface area contributed by atoms with Gasteiger partial charge in [-0.1, -0.05) is 26.0 Å². The van der Waals surface area contributed by atoms with E-state index in [1.807, 2.05) is 38.1 Å². The third kappa shape index (κ3) is 4.74. The van der Waals surface area contributed by atoms with Crippen LogP contribution in [0.25, 0.3) is 0 Å². The largest absolute Gasteiger partial charge is 0.465 e. The van der Waals surface area contributed by atoms with Gasteiger partial charge in [0.25, 0.3) is 0 Å². The molecule has 6 unspecified atom stereocenters. The van der Waals surface area contributed by atoms with Crippen LogP contribution >= 0.6 is 0 Å². The van der Waals surface area contributed by atoms with Crippen LogP contribution < -0.4 is 10.2 Å². The molecule has 6 atom stereocenters. The van der Waals surface area contributed by atoms with Crippen molar-refractivity contribution < 1.29 is 28.9 Å². The van der Waals surface area contributed by atoms with Crippen LogP contribution in [0.3, 0.4) is 0 Å². The van der Waals surface area contributed by atoms with Crippen molar-refractivity contribution in [2.75, 3.05) is 29.9 Å². The smallest absolute Gasteiger partial charge is 0.411 e. The van der Waals surface area contributed by atoms with E-state index in [0.717, 1.165) is 25.1 Å². The number of hydrogen-bond donors (Lipinski definition) is 3. The van der Waals surface area contributed by atoms with Crippen LogP contribution in [0.1, 0.15) is 39.5 Å². The zero-order valence-electron chi connectivity index (χ0n) is 19.2. The number of fused-ring (bicyclic) bond motifs is 2. The first kappa shape index (κ1) is 23.6. The molecular weight excluding hydrogens is 429 g/mol. The molecule has 33 heavy (non-hydrogen) atoms. The fourth-order valence-electron chi connectivity index (χ4n) is 5.89. The highest BCUT2D eigenvalue weighted by atomic mass is 19.1. The summed E-state index contributed by atoms with van der Waals surface area (Å²) >= 11 is 0. The topological polar surface area (TPSA) is 102 Å². The Morgan fingerprint density at radius 1 is 1.21 bits per heavy atom. The standard InChI is InChI=1S/C24H34FN3O5/c1-14(2)13-33-23(30)26-16-7-3-4-8-17(16)27-11-5-6-15(12-27)20-18-9-10-19(21(25)22(20)29)28(18)24(31)32/h3-4,7-8,14-15,18-22,29H,5-6,9-13H2,1-2H3,(H,26,30)(H,31,32). The molecule has 0 saturated carbocycles. The lowest BCUT2D eigenvalue weighted by Crippen LogP contribution is -2.62. The first-order chi connectivity index (χ1) is 15.8. The maximum Gasteiger partial charge on any atom is 0.411 e. The Labute approximate surface area is 193 Å². The molecule has 3 aliphatic heterocycles. The van der Waals surface area contributed by atoms with Gasteiger partial charge in [-0.2, -0.15) is 0 Å². The van der Waals surface area contributed by atoms with Crippen molar-refractivity contribution in [1.82, 2.24) is 4.90 Å². The molecule has 1 aromatic rings. The highest BCUT2D eigenvalue weighted by Gasteiger charge is 2.57. The van der Waals surface area contributed by atoms with E-state index in [0.29, 0.717) is 31.7 Å². The fourth-order valence-corrected chi connectivity index (χ4v) is 5.89. The van der Waals surface area contributed by atoms with Gasteiger partial charge in [-0.15, -0.1) is 0 Å². The van der Waals surface area contributed by atoms with Crippen molar-refractivity contribution >= 4 is 23.6 Å². The van der Waals surface area contributed by atoms with E-state index in [9.17, 15) is 19.8 Å². The Morgan fingerprint density at radius 3 is 2.67 bits per heavy atom. The maximum atomic E-state index is 15.0. The summed E-state index contributed by atoms with van der Waals surface area (Å²) in [5.74, 6) is -0.275. The van der Waals surface area contributed by atoms with Gasteiger partial charge in [-0.05, 0) is 49.7 Å². The summed E-state index contributed by atoms with van der Waals surface area (Å²) in [6.07, 6.45) is -1.69. The van der Waals surface area contributed by atoms with Gasteiger partial charge >= 0.3 is 12.2 Å². The fraction of sp³-hybridized carbons (Fsp3) is 0.667. The minimum Gasteiger partial charge on any atom is -0.465 e. The monoisotopic (exact) mass is 463 g/mol. The number of amides is 2. The van der Waals surface area contributed by atoms with Crippen molar-refractivity contribution in [3.8, 4) is 0 Å². The number of carboxylic acid groups (broad SMARTS) is 1. The minimum atomic E-state index is -1.56. The number of hydrogen-bond acceptors (Lipinski definition) is 5. The van der Waals surface area contributed by atoms with Gasteiger partial charge in [-0.25, -0.2) is 14.0 Å². The number of para-hydroxylation sites is 2. The number of anilines is 2. The molecule has 4 rings (SSSR count). The van der Waals surface area contributed by atoms with Crippen LogP contribution in [0.2, 0.25) is 0 Å². The molecule has 0 aliphatic carbocycles. The van der Waals surface area contributed by atoms with E-state index in [1.54, 1.807) is 0 Å². The molecule has 3 aliphatic rings. The van der Waals surface area contributed by atoms with Gasteiger partial charge in [-0.3, -0.25) is 10.2 Å². The van der Waals surface area contributed by atoms with E-state index in [-0.39, 0.29) is 17.9 Å². The summed E-state index contributed by atoms with van der Waals surface area (Å²) in [5.41, 5.74) is 1.47. The quantitative estimate of drug-likeness (QED) is 0.611. The number of halogens is 1. The normalized spacial score (nSPS) is 31.5. The zero-order valence-corrected chi connectivity index (χ0v) is 19.2. The molecule has 2 bridgehead atoms. The van der Waals surface area contributed by atoms with Crippen LogP contribution in [-0.2, 0) is 4.74 Å². The number of carbonyl (C=O) groups excluding carboxylic acids is 1. The molecule has 0 radical (unpaired) electrons. The van der Waals surface area contributed by atoms with Gasteiger partial charge in [0.2, 0.25) is 0 Å². The molecule has 1 aromatic carbocycles. The van der Waals surface area contributed by atoms with Crippen molar-refractivity contribution in [2.24, 2.45) is 17.8 Å². The first-order valence-electron chi connectivity index (χ1n) is 11.9. The summed E-state index contributed by atoms with van der Waals surface area (Å²) in [4.78, 5) is 27.5. The van der Waals surface area contributed by atoms with Crippen molar-refractivity contribution in [3.05, 3.63) is 24.3 Å². The number of rotatable bonds is 5. The number of benzene rings is 1. The van der Waals surface area contributed by atoms with E-state index < -0.39 is 36.4 Å². The molecular formula is C24H34FN3O5. The summed E-state index contributed by atoms with van der Waals surface area (Å²) < 4.78 is 20.3. The summed E-state index contributed by atoms with van der Waals surface area (Å²) in [7, 11) is 0. The van der Waals surface area contributed by atoms with E-state index >= 15 is 4.39 Å². The average Bonchev–Trinajstić information content (AvgIpc) is 3.17. The van der Waals surface area contributed by atoms with Crippen LogP contribution in [-0.4, -0.2) is 71.4 Å². The molecule has 9 heteroatoms. The minimum absolute atomic E-state index is 0.0566. The number of nitrogens with one attached hydrogen (secondary N) is 1. The predicted molar refractivity (Wildman–Crippen MR) is 122 cm³/mol. The molecule has 3 N–H and O–H groups in total. The SMILES string of the molecule is CC(C)COC(=O)Nc1ccccc1N1CCCC(C2C(O)C(F)C3CCC2N3C(=O)O)C1. The summed E-state index contributed by atoms with van der Waals surface area (Å²) in [6, 6.07) is 6.36. The molecule has 0 aromatic heterocycles. The highest BCUT2D eigenvalue weighted by molar-refractivity contribution is 5.89. The Balaban J connectivity index is 1.51. The predicted octanol–water partition coefficient (Wildman–Crippen LogP) is 3.95. The number of piperidine rings is 2. The van der Waals surface area contributed by atoms with Crippen LogP contribution in [0.5, 0.6) is 0 Å². The molecule has 8 nitrogen and oxygen atoms in total. The maximum absolute atomic E-state index is 15.0. The van der Waals surface area contributed by atoms with Crippen LogP contribution in [0.4, 0.5) is 25.4 Å². The second-order valence-electron chi connectivity index (χ2n) is 9.90. The third-order valence-corrected chi connectivity index (χ3v) is 7.26. The Kier molecular flexibility index (Phi) is 6.97. The highest BCUT2D eigenvalue weighted by Crippen LogP contribution is 2.46. The Bertz CT molecular complexity index is 868. The first-order valence-corrected chi connectivity index (χ1v) is 11.9. The molecule has 3 heterocycles. The molecule has 3 fully saturated rings. The molecule has 2 amide bonds. The number of aliphatic hydroxyl groups is 1. The number of nitrogens with zero attached hydrogens (tertiary/aromatic N) is 2. The van der Waals surface area contributed by atoms with E-state index in [1.165, 1.54) is 4.90 Å². The average molecular weight is 464 g/mol. The second kappa shape index (κ2) is 9.75. The van der Waals surface area contributed by atoms with Crippen LogP contribution in [0.15, 0.2) is 24.3 Å². The van der Waals surface area contributed by atoms with Gasteiger partial charge < -0.3 is 19.8 Å². The van der Waals surface area contributed by atoms with Crippen molar-refractivity contribution in [2.45, 2.75) is 63.9 Å². The second-order valence-corrected chi connectivity index (χ2v) is 9.90. The van der Waals surface area contributed by atoms with Gasteiger partial charge in [0.05, 0.1) is 30.1 Å². The van der Waals surface area contributed by atoms with Crippen molar-refractivity contribution in [1.29, 1.82) is 0 Å². The third-order valence-electron chi connectivity index (χ3n) is 7.26. The van der Waals surface area contributed by atoms with Crippen molar-refractivity contribution in [3.63, 3.8) is 0 Å². The van der Waals surface area contributed by atoms with Gasteiger partial charge in [0.1, 0.15) is 6.17 Å². The summed E-state index contributed by atoms with van der Waals surface area (Å²) in [6.45, 7) is 5.58. The van der Waals surface area contributed by atoms with E-state index in [2.05, 4.69) is 10.2 Å². The van der Waals surface area contributed by atoms with E-state index in [4.69, 9.17) is 4.74 Å². The number of ether oxygens (including phenoxy) is 1. The number of aliphatic hydroxyl groups excluding tert-OH is 1. The lowest BCUT2D eigenvalue weighted by Gasteiger charge is -2.48. The molecule has 0 spiro atoms. The number of alkyl halides is 1. The number of carbonyl (C=O) groups is 2. The van der Waals surface area contributed by atoms with Gasteiger partial charge in [0, 0.05) is 25.0 Å². The van der Waals surface area contributed by atoms with Crippen LogP contribution in [0, 0.1) is 17.8 Å². The summed E-state index contributed by atoms with van der Waals surface area (Å²) in [5, 5.41) is 23.3. The van der Waals surface area contributed by atoms with Gasteiger partial charge in [0.15, 0.2) is 0 Å². The Hall–Kier alpha value is -2.55. The zero-order chi connectivity index (χ0) is 23.7.